The molecule has 0 bridgehead atoms. The highest BCUT2D eigenvalue weighted by atomic mass is 32.1. The number of carbonyl (C=O) groups excluding carboxylic acids is 1. The normalized spacial score (nSPS) is 15.5. The smallest absolute Gasteiger partial charge is 0.331 e. The van der Waals surface area contributed by atoms with E-state index < -0.39 is 0 Å². The molecule has 0 atom stereocenters. The fourth-order valence-corrected chi connectivity index (χ4v) is 2.69. The molecule has 0 saturated heterocycles. The van der Waals surface area contributed by atoms with Crippen LogP contribution in [0.3, 0.4) is 0 Å². The highest BCUT2D eigenvalue weighted by molar-refractivity contribution is 7.17. The number of fused-ring (bicyclic) bond motifs is 1. The average molecular weight is 231 g/mol. The van der Waals surface area contributed by atoms with Crippen LogP contribution in [0.1, 0.15) is 5.56 Å². The number of hydrogen-bond donors (Lipinski definition) is 2. The quantitative estimate of drug-likeness (QED) is 0.774. The van der Waals surface area contributed by atoms with E-state index in [1.54, 1.807) is 11.3 Å². The topological polar surface area (TPSA) is 53.5 Å². The zero-order chi connectivity index (χ0) is 11.0. The third-order valence-corrected chi connectivity index (χ3v) is 3.46. The van der Waals surface area contributed by atoms with Crippen molar-refractivity contribution in [2.24, 2.45) is 5.10 Å². The molecule has 1 aliphatic rings. The monoisotopic (exact) mass is 231 g/mol. The van der Waals surface area contributed by atoms with E-state index >= 15 is 0 Å². The number of hydrazone groups is 1. The molecule has 5 heteroatoms. The minimum Gasteiger partial charge on any atom is -0.331 e. The molecule has 2 amide bonds. The number of carbonyl (C=O) groups is 1. The van der Waals surface area contributed by atoms with Crippen molar-refractivity contribution in [2.45, 2.75) is 0 Å². The lowest BCUT2D eigenvalue weighted by atomic mass is 10.1. The van der Waals surface area contributed by atoms with Gasteiger partial charge in [-0.05, 0) is 6.07 Å². The van der Waals surface area contributed by atoms with E-state index in [2.05, 4.69) is 33.4 Å². The largest absolute Gasteiger partial charge is 0.335 e. The van der Waals surface area contributed by atoms with Crippen LogP contribution in [-0.2, 0) is 0 Å². The number of benzene rings is 1. The van der Waals surface area contributed by atoms with Crippen molar-refractivity contribution in [2.75, 3.05) is 6.54 Å². The van der Waals surface area contributed by atoms with Crippen LogP contribution in [0.4, 0.5) is 4.79 Å². The Labute approximate surface area is 96.0 Å². The molecular weight excluding hydrogens is 222 g/mol. The first kappa shape index (κ1) is 9.35. The molecule has 0 radical (unpaired) electrons. The number of nitrogens with one attached hydrogen (secondary N) is 2. The van der Waals surface area contributed by atoms with E-state index in [1.807, 2.05) is 12.1 Å². The van der Waals surface area contributed by atoms with Gasteiger partial charge in [-0.2, -0.15) is 5.10 Å². The lowest BCUT2D eigenvalue weighted by Gasteiger charge is -2.13. The van der Waals surface area contributed by atoms with Crippen LogP contribution in [0, 0.1) is 0 Å². The summed E-state index contributed by atoms with van der Waals surface area (Å²) in [4.78, 5) is 10.9. The summed E-state index contributed by atoms with van der Waals surface area (Å²) < 4.78 is 1.23. The molecule has 0 unspecified atom stereocenters. The Kier molecular flexibility index (Phi) is 2.11. The van der Waals surface area contributed by atoms with Crippen LogP contribution in [-0.4, -0.2) is 18.3 Å². The standard InChI is InChI=1S/C11H9N3OS/c15-11-12-5-9(13-14-11)8-6-16-10-4-2-1-3-7(8)10/h1-4,6H,5H2,(H2,12,14,15). The van der Waals surface area contributed by atoms with E-state index in [9.17, 15) is 4.79 Å². The highest BCUT2D eigenvalue weighted by Crippen LogP contribution is 2.26. The van der Waals surface area contributed by atoms with Gasteiger partial charge < -0.3 is 5.32 Å². The molecule has 0 fully saturated rings. The van der Waals surface area contributed by atoms with Gasteiger partial charge in [0.15, 0.2) is 0 Å². The summed E-state index contributed by atoms with van der Waals surface area (Å²) in [5, 5.41) is 10.0. The van der Waals surface area contributed by atoms with Crippen molar-refractivity contribution in [3.63, 3.8) is 0 Å². The maximum absolute atomic E-state index is 10.9. The minimum atomic E-state index is -0.247. The Morgan fingerprint density at radius 1 is 1.31 bits per heavy atom. The second kappa shape index (κ2) is 3.61. The third kappa shape index (κ3) is 1.45. The summed E-state index contributed by atoms with van der Waals surface area (Å²) in [7, 11) is 0. The van der Waals surface area contributed by atoms with Crippen LogP contribution in [0.25, 0.3) is 10.1 Å². The summed E-state index contributed by atoms with van der Waals surface area (Å²) in [6.07, 6.45) is 0. The summed E-state index contributed by atoms with van der Waals surface area (Å²) in [6.45, 7) is 0.479. The number of hydrogen-bond acceptors (Lipinski definition) is 3. The number of thiophene rings is 1. The maximum atomic E-state index is 10.9. The van der Waals surface area contributed by atoms with Crippen LogP contribution in [0.2, 0.25) is 0 Å². The molecule has 3 rings (SSSR count). The maximum Gasteiger partial charge on any atom is 0.335 e. The molecule has 0 saturated carbocycles. The van der Waals surface area contributed by atoms with Gasteiger partial charge in [0.05, 0.1) is 12.3 Å². The molecular formula is C11H9N3OS. The van der Waals surface area contributed by atoms with Gasteiger partial charge in [0, 0.05) is 21.0 Å². The second-order valence-electron chi connectivity index (χ2n) is 3.50. The average Bonchev–Trinajstić information content (AvgIpc) is 2.74. The van der Waals surface area contributed by atoms with Gasteiger partial charge in [-0.15, -0.1) is 11.3 Å². The second-order valence-corrected chi connectivity index (χ2v) is 4.41. The number of amides is 2. The van der Waals surface area contributed by atoms with Crippen molar-refractivity contribution in [1.29, 1.82) is 0 Å². The fourth-order valence-electron chi connectivity index (χ4n) is 1.72. The van der Waals surface area contributed by atoms with Gasteiger partial charge in [0.2, 0.25) is 0 Å². The summed E-state index contributed by atoms with van der Waals surface area (Å²) in [5.74, 6) is 0. The predicted molar refractivity (Wildman–Crippen MR) is 64.9 cm³/mol. The van der Waals surface area contributed by atoms with Crippen molar-refractivity contribution in [3.05, 3.63) is 35.2 Å². The van der Waals surface area contributed by atoms with Gasteiger partial charge in [-0.25, -0.2) is 10.2 Å². The Balaban J connectivity index is 2.09. The first-order valence-corrected chi connectivity index (χ1v) is 5.79. The third-order valence-electron chi connectivity index (χ3n) is 2.50. The van der Waals surface area contributed by atoms with Crippen molar-refractivity contribution >= 4 is 33.2 Å². The Morgan fingerprint density at radius 2 is 2.19 bits per heavy atom. The minimum absolute atomic E-state index is 0.247. The molecule has 1 aromatic carbocycles. The lowest BCUT2D eigenvalue weighted by Crippen LogP contribution is -2.42. The first-order chi connectivity index (χ1) is 7.84. The first-order valence-electron chi connectivity index (χ1n) is 4.91. The van der Waals surface area contributed by atoms with E-state index in [1.165, 1.54) is 10.1 Å². The Bertz CT molecular complexity index is 588. The van der Waals surface area contributed by atoms with Gasteiger partial charge in [0.25, 0.3) is 0 Å². The van der Waals surface area contributed by atoms with Crippen LogP contribution >= 0.6 is 11.3 Å². The van der Waals surface area contributed by atoms with Gasteiger partial charge in [-0.1, -0.05) is 18.2 Å². The summed E-state index contributed by atoms with van der Waals surface area (Å²) >= 11 is 1.69. The molecule has 0 aliphatic carbocycles. The summed E-state index contributed by atoms with van der Waals surface area (Å²) in [5.41, 5.74) is 4.39. The van der Waals surface area contributed by atoms with E-state index in [4.69, 9.17) is 0 Å². The van der Waals surface area contributed by atoms with Crippen molar-refractivity contribution in [1.82, 2.24) is 10.7 Å². The molecule has 2 N–H and O–H groups in total. The molecule has 4 nitrogen and oxygen atoms in total. The molecule has 1 aromatic heterocycles. The Hall–Kier alpha value is -1.88. The van der Waals surface area contributed by atoms with Crippen LogP contribution in [0.5, 0.6) is 0 Å². The SMILES string of the molecule is O=C1NCC(c2csc3ccccc23)=NN1. The van der Waals surface area contributed by atoms with Gasteiger partial charge >= 0.3 is 6.03 Å². The van der Waals surface area contributed by atoms with Gasteiger partial charge in [0.1, 0.15) is 0 Å². The molecule has 2 aromatic rings. The van der Waals surface area contributed by atoms with E-state index in [-0.39, 0.29) is 6.03 Å². The highest BCUT2D eigenvalue weighted by Gasteiger charge is 2.15. The van der Waals surface area contributed by atoms with E-state index in [0.29, 0.717) is 6.54 Å². The van der Waals surface area contributed by atoms with Crippen molar-refractivity contribution in [3.8, 4) is 0 Å². The predicted octanol–water partition coefficient (Wildman–Crippen LogP) is 1.92. The number of urea groups is 1. The molecule has 80 valence electrons. The lowest BCUT2D eigenvalue weighted by molar-refractivity contribution is 0.241. The number of rotatable bonds is 1. The summed E-state index contributed by atoms with van der Waals surface area (Å²) in [6, 6.07) is 7.93. The zero-order valence-corrected chi connectivity index (χ0v) is 9.17. The zero-order valence-electron chi connectivity index (χ0n) is 8.36. The molecule has 16 heavy (non-hydrogen) atoms. The fraction of sp³-hybridized carbons (Fsp3) is 0.0909. The molecule has 1 aliphatic heterocycles. The van der Waals surface area contributed by atoms with Crippen molar-refractivity contribution < 1.29 is 4.79 Å². The molecule has 0 spiro atoms. The van der Waals surface area contributed by atoms with E-state index in [0.717, 1.165) is 11.3 Å². The van der Waals surface area contributed by atoms with Crippen LogP contribution < -0.4 is 10.7 Å². The number of nitrogens with zero attached hydrogens (tertiary/aromatic N) is 1. The van der Waals surface area contributed by atoms with Crippen LogP contribution in [0.15, 0.2) is 34.7 Å². The van der Waals surface area contributed by atoms with Gasteiger partial charge in [-0.3, -0.25) is 0 Å². The Morgan fingerprint density at radius 3 is 3.00 bits per heavy atom. The molecule has 2 heterocycles.